The molecule has 0 aliphatic carbocycles. The van der Waals surface area contributed by atoms with Gasteiger partial charge in [0.25, 0.3) is 0 Å². The van der Waals surface area contributed by atoms with Crippen LogP contribution < -0.4 is 0 Å². The van der Waals surface area contributed by atoms with Crippen LogP contribution in [0.2, 0.25) is 18.1 Å². The van der Waals surface area contributed by atoms with E-state index in [1.807, 2.05) is 13.1 Å². The molecule has 1 rings (SSSR count). The topological polar surface area (TPSA) is 43.7 Å². The first-order valence-corrected chi connectivity index (χ1v) is 9.67. The molecule has 1 fully saturated rings. The van der Waals surface area contributed by atoms with Crippen molar-refractivity contribution in [1.82, 2.24) is 4.90 Å². The predicted molar refractivity (Wildman–Crippen MR) is 74.6 cm³/mol. The van der Waals surface area contributed by atoms with Gasteiger partial charge < -0.3 is 14.8 Å². The molecule has 1 saturated heterocycles. The third kappa shape index (κ3) is 4.05. The molecular formula is C13H29NO2Si. The van der Waals surface area contributed by atoms with E-state index in [4.69, 9.17) is 0 Å². The number of nitrogens with zero attached hydrogens (tertiary/aromatic N) is 1. The summed E-state index contributed by atoms with van der Waals surface area (Å²) in [6.07, 6.45) is 2.78. The van der Waals surface area contributed by atoms with Crippen LogP contribution in [0.3, 0.4) is 0 Å². The summed E-state index contributed by atoms with van der Waals surface area (Å²) in [5.41, 5.74) is 0. The van der Waals surface area contributed by atoms with Crippen molar-refractivity contribution in [3.63, 3.8) is 0 Å². The predicted octanol–water partition coefficient (Wildman–Crippen LogP) is 2.06. The second-order valence-electron chi connectivity index (χ2n) is 6.86. The maximum absolute atomic E-state index is 10.3. The molecule has 0 radical (unpaired) electrons. The van der Waals surface area contributed by atoms with Crippen LogP contribution in [0.25, 0.3) is 0 Å². The summed E-state index contributed by atoms with van der Waals surface area (Å²) in [6, 6.07) is 0. The Balaban J connectivity index is 2.49. The van der Waals surface area contributed by atoms with E-state index in [1.54, 1.807) is 0 Å². The largest absolute Gasteiger partial charge is 0.432 e. The molecule has 3 nitrogen and oxygen atoms in total. The molecule has 0 aromatic heterocycles. The van der Waals surface area contributed by atoms with Gasteiger partial charge in [-0.2, -0.15) is 0 Å². The Labute approximate surface area is 107 Å². The molecule has 1 heterocycles. The van der Waals surface area contributed by atoms with Crippen LogP contribution >= 0.6 is 0 Å². The van der Waals surface area contributed by atoms with Gasteiger partial charge in [-0.25, -0.2) is 0 Å². The number of piperidine rings is 1. The van der Waals surface area contributed by atoms with Crippen LogP contribution in [-0.2, 0) is 0 Å². The van der Waals surface area contributed by atoms with Crippen LogP contribution in [0.4, 0.5) is 0 Å². The lowest BCUT2D eigenvalue weighted by molar-refractivity contribution is 0.0301. The van der Waals surface area contributed by atoms with Crippen molar-refractivity contribution in [1.29, 1.82) is 0 Å². The van der Waals surface area contributed by atoms with Gasteiger partial charge in [0.1, 0.15) is 0 Å². The normalized spacial score (nSPS) is 28.4. The minimum Gasteiger partial charge on any atom is -0.432 e. The fourth-order valence-electron chi connectivity index (χ4n) is 2.34. The minimum absolute atomic E-state index is 0.0305. The highest BCUT2D eigenvalue weighted by Crippen LogP contribution is 2.41. The number of hydrogen-bond donors (Lipinski definition) is 2. The molecule has 0 amide bonds. The van der Waals surface area contributed by atoms with E-state index in [0.29, 0.717) is 5.92 Å². The Kier molecular flexibility index (Phi) is 4.80. The summed E-state index contributed by atoms with van der Waals surface area (Å²) in [7, 11) is 0.0162. The molecule has 0 saturated carbocycles. The van der Waals surface area contributed by atoms with Crippen LogP contribution in [0.1, 0.15) is 33.1 Å². The summed E-state index contributed by atoms with van der Waals surface area (Å²) in [5.74, 6) is 0.379. The van der Waals surface area contributed by atoms with Crippen molar-refractivity contribution < 1.29 is 9.90 Å². The van der Waals surface area contributed by atoms with Gasteiger partial charge in [-0.05, 0) is 50.4 Å². The van der Waals surface area contributed by atoms with Crippen molar-refractivity contribution in [2.45, 2.75) is 57.3 Å². The van der Waals surface area contributed by atoms with Gasteiger partial charge in [0.2, 0.25) is 0 Å². The molecular weight excluding hydrogens is 230 g/mol. The van der Waals surface area contributed by atoms with Gasteiger partial charge in [0.05, 0.1) is 6.10 Å². The van der Waals surface area contributed by atoms with Gasteiger partial charge in [0.15, 0.2) is 8.32 Å². The Bertz CT molecular complexity index is 250. The van der Waals surface area contributed by atoms with Crippen molar-refractivity contribution >= 4 is 8.32 Å². The standard InChI is InChI=1S/C13H29NO2Si/c1-13(2,17(4,5)16)8-6-11-10-14(3)9-7-12(11)15/h11-12,15-16H,6-10H2,1-5H3. The van der Waals surface area contributed by atoms with Crippen LogP contribution in [0, 0.1) is 5.92 Å². The number of aliphatic hydroxyl groups is 1. The second-order valence-corrected chi connectivity index (χ2v) is 11.3. The SMILES string of the molecule is CN1CCC(O)C(CCC(C)(C)[Si](C)(C)O)C1. The van der Waals surface area contributed by atoms with E-state index in [-0.39, 0.29) is 11.1 Å². The van der Waals surface area contributed by atoms with E-state index >= 15 is 0 Å². The van der Waals surface area contributed by atoms with Gasteiger partial charge >= 0.3 is 0 Å². The fourth-order valence-corrected chi connectivity index (χ4v) is 3.09. The third-order valence-corrected chi connectivity index (χ3v) is 8.26. The number of rotatable bonds is 4. The minimum atomic E-state index is -2.10. The molecule has 2 N–H and O–H groups in total. The smallest absolute Gasteiger partial charge is 0.188 e. The van der Waals surface area contributed by atoms with Gasteiger partial charge in [0, 0.05) is 13.1 Å². The third-order valence-electron chi connectivity index (χ3n) is 4.69. The molecule has 1 aliphatic heterocycles. The zero-order valence-electron chi connectivity index (χ0n) is 12.0. The molecule has 102 valence electrons. The quantitative estimate of drug-likeness (QED) is 0.760. The van der Waals surface area contributed by atoms with E-state index in [9.17, 15) is 9.90 Å². The van der Waals surface area contributed by atoms with E-state index in [1.165, 1.54) is 0 Å². The Morgan fingerprint density at radius 3 is 2.47 bits per heavy atom. The molecule has 1 aliphatic rings. The Morgan fingerprint density at radius 2 is 1.94 bits per heavy atom. The highest BCUT2D eigenvalue weighted by atomic mass is 28.4. The summed E-state index contributed by atoms with van der Waals surface area (Å²) >= 11 is 0. The molecule has 0 bridgehead atoms. The second kappa shape index (κ2) is 5.39. The zero-order valence-corrected chi connectivity index (χ0v) is 13.0. The van der Waals surface area contributed by atoms with Gasteiger partial charge in [-0.1, -0.05) is 13.8 Å². The highest BCUT2D eigenvalue weighted by molar-refractivity contribution is 6.72. The van der Waals surface area contributed by atoms with Crippen LogP contribution in [-0.4, -0.2) is 49.4 Å². The molecule has 0 aromatic rings. The molecule has 2 atom stereocenters. The maximum Gasteiger partial charge on any atom is 0.188 e. The lowest BCUT2D eigenvalue weighted by atomic mass is 9.88. The lowest BCUT2D eigenvalue weighted by Crippen LogP contribution is -2.43. The molecule has 0 aromatic carbocycles. The van der Waals surface area contributed by atoms with E-state index < -0.39 is 8.32 Å². The lowest BCUT2D eigenvalue weighted by Gasteiger charge is -2.39. The first kappa shape index (κ1) is 15.2. The van der Waals surface area contributed by atoms with Crippen molar-refractivity contribution in [2.24, 2.45) is 5.92 Å². The summed E-state index contributed by atoms with van der Waals surface area (Å²) < 4.78 is 0. The number of likely N-dealkylation sites (tertiary alicyclic amines) is 1. The summed E-state index contributed by atoms with van der Waals surface area (Å²) in [4.78, 5) is 12.6. The molecule has 0 spiro atoms. The highest BCUT2D eigenvalue weighted by Gasteiger charge is 2.38. The van der Waals surface area contributed by atoms with Crippen LogP contribution in [0.5, 0.6) is 0 Å². The zero-order chi connectivity index (χ0) is 13.3. The maximum atomic E-state index is 10.3. The Hall–Kier alpha value is 0.0969. The van der Waals surface area contributed by atoms with Crippen molar-refractivity contribution in [3.8, 4) is 0 Å². The van der Waals surface area contributed by atoms with E-state index in [0.717, 1.165) is 32.4 Å². The van der Waals surface area contributed by atoms with Gasteiger partial charge in [-0.15, -0.1) is 0 Å². The summed E-state index contributed by atoms with van der Waals surface area (Å²) in [5, 5.41) is 10.0. The first-order valence-electron chi connectivity index (χ1n) is 6.72. The molecule has 4 heteroatoms. The number of hydrogen-bond acceptors (Lipinski definition) is 3. The monoisotopic (exact) mass is 259 g/mol. The average Bonchev–Trinajstić information content (AvgIpc) is 2.18. The first-order chi connectivity index (χ1) is 7.63. The molecule has 17 heavy (non-hydrogen) atoms. The summed E-state index contributed by atoms with van der Waals surface area (Å²) in [6.45, 7) is 10.3. The van der Waals surface area contributed by atoms with E-state index in [2.05, 4.69) is 25.8 Å². The fraction of sp³-hybridized carbons (Fsp3) is 1.00. The Morgan fingerprint density at radius 1 is 1.35 bits per heavy atom. The van der Waals surface area contributed by atoms with Crippen molar-refractivity contribution in [3.05, 3.63) is 0 Å². The van der Waals surface area contributed by atoms with Crippen LogP contribution in [0.15, 0.2) is 0 Å². The van der Waals surface area contributed by atoms with Gasteiger partial charge in [-0.3, -0.25) is 0 Å². The van der Waals surface area contributed by atoms with Crippen molar-refractivity contribution in [2.75, 3.05) is 20.1 Å². The number of aliphatic hydroxyl groups excluding tert-OH is 1. The average molecular weight is 259 g/mol. The molecule has 2 unspecified atom stereocenters.